The first-order valence-corrected chi connectivity index (χ1v) is 16.5. The molecule has 2 heterocycles. The van der Waals surface area contributed by atoms with Crippen LogP contribution in [0, 0.1) is 0 Å². The fourth-order valence-corrected chi connectivity index (χ4v) is 7.84. The van der Waals surface area contributed by atoms with Crippen LogP contribution in [0.25, 0.3) is 54.6 Å². The van der Waals surface area contributed by atoms with Crippen molar-refractivity contribution in [3.05, 3.63) is 152 Å². The van der Waals surface area contributed by atoms with Gasteiger partial charge in [-0.2, -0.15) is 4.37 Å². The molecule has 1 aliphatic heterocycles. The fraction of sp³-hybridized carbons (Fsp3) is 0. The summed E-state index contributed by atoms with van der Waals surface area (Å²) in [4.78, 5) is 9.79. The van der Waals surface area contributed by atoms with E-state index in [4.69, 9.17) is 9.36 Å². The zero-order valence-corrected chi connectivity index (χ0v) is 25.7. The van der Waals surface area contributed by atoms with Crippen LogP contribution in [0.2, 0.25) is 0 Å². The molecule has 8 aromatic rings. The molecule has 0 bridgehead atoms. The minimum atomic E-state index is 0.753. The first-order valence-electron chi connectivity index (χ1n) is 14.9. The van der Waals surface area contributed by atoms with Gasteiger partial charge in [0.1, 0.15) is 5.01 Å². The summed E-state index contributed by atoms with van der Waals surface area (Å²) in [7, 11) is 0. The summed E-state index contributed by atoms with van der Waals surface area (Å²) >= 11 is 3.27. The highest BCUT2D eigenvalue weighted by molar-refractivity contribution is 7.99. The molecule has 0 saturated heterocycles. The Kier molecular flexibility index (Phi) is 6.25. The predicted molar refractivity (Wildman–Crippen MR) is 190 cm³/mol. The Balaban J connectivity index is 1.08. The van der Waals surface area contributed by atoms with Crippen molar-refractivity contribution in [1.82, 2.24) is 9.36 Å². The Morgan fingerprint density at radius 3 is 1.80 bits per heavy atom. The molecule has 0 unspecified atom stereocenters. The Bertz CT molecular complexity index is 2380. The van der Waals surface area contributed by atoms with Crippen molar-refractivity contribution >= 4 is 61.9 Å². The summed E-state index contributed by atoms with van der Waals surface area (Å²) in [5.74, 6) is 0.753. The summed E-state index contributed by atoms with van der Waals surface area (Å²) in [5.41, 5.74) is 7.99. The number of anilines is 3. The number of hydrogen-bond acceptors (Lipinski definition) is 5. The van der Waals surface area contributed by atoms with Crippen molar-refractivity contribution in [3.63, 3.8) is 0 Å². The van der Waals surface area contributed by atoms with E-state index in [0.29, 0.717) is 0 Å². The Labute approximate surface area is 269 Å². The topological polar surface area (TPSA) is 29.0 Å². The largest absolute Gasteiger partial charge is 0.308 e. The minimum Gasteiger partial charge on any atom is -0.308 e. The van der Waals surface area contributed by atoms with Crippen LogP contribution in [0.3, 0.4) is 0 Å². The number of nitrogens with zero attached hydrogens (tertiary/aromatic N) is 3. The molecule has 1 aliphatic rings. The lowest BCUT2D eigenvalue weighted by molar-refractivity contribution is 1.17. The molecular formula is C40H25N3S2. The molecule has 5 heteroatoms. The van der Waals surface area contributed by atoms with Crippen LogP contribution in [-0.4, -0.2) is 9.36 Å². The lowest BCUT2D eigenvalue weighted by Gasteiger charge is -2.33. The molecule has 0 spiro atoms. The van der Waals surface area contributed by atoms with Crippen LogP contribution in [0.4, 0.5) is 17.1 Å². The molecule has 212 valence electrons. The molecule has 0 aliphatic carbocycles. The first-order chi connectivity index (χ1) is 22.3. The van der Waals surface area contributed by atoms with Gasteiger partial charge in [-0.05, 0) is 105 Å². The van der Waals surface area contributed by atoms with Gasteiger partial charge in [0, 0.05) is 26.6 Å². The molecule has 0 radical (unpaired) electrons. The molecule has 9 rings (SSSR count). The van der Waals surface area contributed by atoms with E-state index in [1.54, 1.807) is 0 Å². The number of hydrogen-bond donors (Lipinski definition) is 0. The number of benzene rings is 7. The summed E-state index contributed by atoms with van der Waals surface area (Å²) in [6.45, 7) is 0. The summed E-state index contributed by atoms with van der Waals surface area (Å²) in [5, 5.41) is 5.87. The average molecular weight is 612 g/mol. The lowest BCUT2D eigenvalue weighted by Crippen LogP contribution is -2.14. The van der Waals surface area contributed by atoms with E-state index in [0.717, 1.165) is 27.6 Å². The number of aromatic nitrogens is 2. The number of fused-ring (bicyclic) bond motifs is 4. The van der Waals surface area contributed by atoms with Crippen LogP contribution < -0.4 is 4.90 Å². The van der Waals surface area contributed by atoms with Gasteiger partial charge in [-0.3, -0.25) is 0 Å². The van der Waals surface area contributed by atoms with E-state index in [1.165, 1.54) is 65.4 Å². The van der Waals surface area contributed by atoms with E-state index >= 15 is 0 Å². The lowest BCUT2D eigenvalue weighted by atomic mass is 10.0. The van der Waals surface area contributed by atoms with Gasteiger partial charge in [-0.15, -0.1) is 0 Å². The first kappa shape index (κ1) is 26.2. The van der Waals surface area contributed by atoms with E-state index in [1.807, 2.05) is 11.8 Å². The van der Waals surface area contributed by atoms with E-state index in [2.05, 4.69) is 157 Å². The van der Waals surface area contributed by atoms with E-state index in [-0.39, 0.29) is 0 Å². The summed E-state index contributed by atoms with van der Waals surface area (Å²) in [6, 6.07) is 54.3. The van der Waals surface area contributed by atoms with Crippen molar-refractivity contribution in [2.45, 2.75) is 9.79 Å². The SMILES string of the molecule is c1ccc2c(c1)Sc1ccc(-c3ccc4ccccc4c3)cc1N2c1ccc(-c2nsc(-c3ccc4ccccc4c3)n2)cc1. The minimum absolute atomic E-state index is 0.753. The Morgan fingerprint density at radius 2 is 1.02 bits per heavy atom. The number of para-hydroxylation sites is 1. The van der Waals surface area contributed by atoms with Gasteiger partial charge in [0.25, 0.3) is 0 Å². The zero-order chi connectivity index (χ0) is 29.7. The van der Waals surface area contributed by atoms with Gasteiger partial charge in [-0.25, -0.2) is 4.98 Å². The molecule has 7 aromatic carbocycles. The summed E-state index contributed by atoms with van der Waals surface area (Å²) in [6.07, 6.45) is 0. The number of rotatable bonds is 4. The molecule has 0 saturated carbocycles. The van der Waals surface area contributed by atoms with Crippen LogP contribution in [0.1, 0.15) is 0 Å². The Hall–Kier alpha value is -5.23. The van der Waals surface area contributed by atoms with Crippen molar-refractivity contribution in [2.75, 3.05) is 4.90 Å². The predicted octanol–water partition coefficient (Wildman–Crippen LogP) is 11.8. The normalized spacial score (nSPS) is 12.3. The maximum Gasteiger partial charge on any atom is 0.173 e. The molecular weight excluding hydrogens is 587 g/mol. The van der Waals surface area contributed by atoms with E-state index < -0.39 is 0 Å². The highest BCUT2D eigenvalue weighted by Crippen LogP contribution is 2.52. The molecule has 0 fully saturated rings. The highest BCUT2D eigenvalue weighted by Gasteiger charge is 2.25. The molecule has 0 N–H and O–H groups in total. The van der Waals surface area contributed by atoms with E-state index in [9.17, 15) is 0 Å². The van der Waals surface area contributed by atoms with Gasteiger partial charge < -0.3 is 4.90 Å². The van der Waals surface area contributed by atoms with Gasteiger partial charge in [-0.1, -0.05) is 103 Å². The second kappa shape index (κ2) is 10.7. The van der Waals surface area contributed by atoms with Gasteiger partial charge in [0.05, 0.1) is 11.4 Å². The van der Waals surface area contributed by atoms with Gasteiger partial charge >= 0.3 is 0 Å². The Morgan fingerprint density at radius 1 is 0.444 bits per heavy atom. The third-order valence-electron chi connectivity index (χ3n) is 8.41. The van der Waals surface area contributed by atoms with Crippen LogP contribution >= 0.6 is 23.3 Å². The monoisotopic (exact) mass is 611 g/mol. The molecule has 45 heavy (non-hydrogen) atoms. The van der Waals surface area contributed by atoms with Crippen LogP contribution in [0.5, 0.6) is 0 Å². The molecule has 1 aromatic heterocycles. The van der Waals surface area contributed by atoms with Crippen molar-refractivity contribution in [2.24, 2.45) is 0 Å². The third-order valence-corrected chi connectivity index (χ3v) is 10.3. The average Bonchev–Trinajstić information content (AvgIpc) is 3.61. The van der Waals surface area contributed by atoms with Crippen molar-refractivity contribution in [1.29, 1.82) is 0 Å². The van der Waals surface area contributed by atoms with Gasteiger partial charge in [0.2, 0.25) is 0 Å². The molecule has 3 nitrogen and oxygen atoms in total. The summed E-state index contributed by atoms with van der Waals surface area (Å²) < 4.78 is 4.74. The second-order valence-corrected chi connectivity index (χ2v) is 13.0. The van der Waals surface area contributed by atoms with Crippen molar-refractivity contribution < 1.29 is 0 Å². The maximum atomic E-state index is 4.93. The van der Waals surface area contributed by atoms with Gasteiger partial charge in [0.15, 0.2) is 5.82 Å². The zero-order valence-electron chi connectivity index (χ0n) is 24.1. The third kappa shape index (κ3) is 4.69. The highest BCUT2D eigenvalue weighted by atomic mass is 32.2. The maximum absolute atomic E-state index is 4.93. The standard InChI is InChI=1S/C40H25N3S2/c1-3-9-29-23-31(15-13-26(29)7-1)32-19-22-38-36(25-32)43(35-11-5-6-12-37(35)44-38)34-20-17-28(18-21-34)39-41-40(45-42-39)33-16-14-27-8-2-4-10-30(27)24-33/h1-25H. The van der Waals surface area contributed by atoms with Crippen LogP contribution in [-0.2, 0) is 0 Å². The fourth-order valence-electron chi connectivity index (χ4n) is 6.12. The van der Waals surface area contributed by atoms with Crippen LogP contribution in [0.15, 0.2) is 161 Å². The van der Waals surface area contributed by atoms with Crippen molar-refractivity contribution in [3.8, 4) is 33.1 Å². The smallest absolute Gasteiger partial charge is 0.173 e. The quantitative estimate of drug-likeness (QED) is 0.198. The molecule has 0 amide bonds. The second-order valence-electron chi connectivity index (χ2n) is 11.2. The molecule has 0 atom stereocenters.